The number of rotatable bonds is 8. The van der Waals surface area contributed by atoms with Crippen LogP contribution in [0, 0.1) is 23.7 Å². The first-order valence-electron chi connectivity index (χ1n) is 12.4. The Morgan fingerprint density at radius 2 is 1.62 bits per heavy atom. The number of esters is 1. The van der Waals surface area contributed by atoms with Crippen molar-refractivity contribution in [3.8, 4) is 0 Å². The molecule has 0 N–H and O–H groups in total. The van der Waals surface area contributed by atoms with E-state index in [9.17, 15) is 9.18 Å². The molecule has 0 aromatic carbocycles. The summed E-state index contributed by atoms with van der Waals surface area (Å²) in [5.74, 6) is 2.45. The lowest BCUT2D eigenvalue weighted by Crippen LogP contribution is -2.38. The largest absolute Gasteiger partial charge is 0.459 e. The average Bonchev–Trinajstić information content (AvgIpc) is 2.76. The second-order valence-electron chi connectivity index (χ2n) is 10.0. The number of aliphatic imine (C=N–C) groups is 1. The minimum Gasteiger partial charge on any atom is -0.459 e. The molecule has 0 aliphatic heterocycles. The van der Waals surface area contributed by atoms with E-state index in [2.05, 4.69) is 18.6 Å². The Hall–Kier alpha value is -0.930. The Labute approximate surface area is 177 Å². The van der Waals surface area contributed by atoms with Crippen molar-refractivity contribution >= 4 is 12.7 Å². The number of unbranched alkanes of at least 4 members (excludes halogenated alkanes) is 2. The maximum atomic E-state index is 14.3. The fourth-order valence-corrected chi connectivity index (χ4v) is 6.07. The average molecular weight is 408 g/mol. The van der Waals surface area contributed by atoms with Crippen molar-refractivity contribution in [1.29, 1.82) is 0 Å². The molecule has 3 aliphatic carbocycles. The maximum absolute atomic E-state index is 14.3. The minimum atomic E-state index is -1.09. The lowest BCUT2D eigenvalue weighted by atomic mass is 9.68. The van der Waals surface area contributed by atoms with Crippen molar-refractivity contribution in [2.24, 2.45) is 28.7 Å². The van der Waals surface area contributed by atoms with Crippen molar-refractivity contribution < 1.29 is 13.9 Å². The fourth-order valence-electron chi connectivity index (χ4n) is 6.07. The van der Waals surface area contributed by atoms with Crippen LogP contribution in [-0.4, -0.2) is 31.0 Å². The number of ether oxygens (including phenoxy) is 1. The van der Waals surface area contributed by atoms with Gasteiger partial charge in [-0.25, -0.2) is 4.39 Å². The number of hydrogen-bond donors (Lipinski definition) is 0. The summed E-state index contributed by atoms with van der Waals surface area (Å²) in [6.07, 6.45) is 15.3. The molecule has 3 aliphatic rings. The smallest absolute Gasteiger partial charge is 0.309 e. The number of alkyl halides is 1. The Balaban J connectivity index is 1.35. The van der Waals surface area contributed by atoms with E-state index in [1.807, 2.05) is 0 Å². The molecule has 29 heavy (non-hydrogen) atoms. The summed E-state index contributed by atoms with van der Waals surface area (Å²) >= 11 is 0. The predicted molar refractivity (Wildman–Crippen MR) is 117 cm³/mol. The van der Waals surface area contributed by atoms with Crippen LogP contribution >= 0.6 is 0 Å². The lowest BCUT2D eigenvalue weighted by molar-refractivity contribution is -0.161. The maximum Gasteiger partial charge on any atom is 0.309 e. The van der Waals surface area contributed by atoms with Gasteiger partial charge in [-0.3, -0.25) is 9.79 Å². The Kier molecular flexibility index (Phi) is 8.99. The zero-order valence-electron chi connectivity index (χ0n) is 18.5. The third-order valence-corrected chi connectivity index (χ3v) is 8.09. The Bertz CT molecular complexity index is 509. The number of carbonyl (C=O) groups excluding carboxylic acids is 1. The third kappa shape index (κ3) is 6.52. The van der Waals surface area contributed by atoms with Gasteiger partial charge >= 0.3 is 5.97 Å². The molecule has 0 heterocycles. The molecular formula is C25H42FNO2. The highest BCUT2D eigenvalue weighted by molar-refractivity contribution is 5.72. The zero-order chi connectivity index (χ0) is 20.6. The van der Waals surface area contributed by atoms with Gasteiger partial charge in [0.25, 0.3) is 0 Å². The highest BCUT2D eigenvalue weighted by Gasteiger charge is 2.37. The molecule has 0 radical (unpaired) electrons. The van der Waals surface area contributed by atoms with Crippen LogP contribution in [0.25, 0.3) is 0 Å². The Morgan fingerprint density at radius 3 is 2.21 bits per heavy atom. The first kappa shape index (κ1) is 22.7. The van der Waals surface area contributed by atoms with E-state index >= 15 is 0 Å². The monoisotopic (exact) mass is 407 g/mol. The first-order valence-corrected chi connectivity index (χ1v) is 12.4. The number of carbonyl (C=O) groups is 1. The van der Waals surface area contributed by atoms with Gasteiger partial charge in [-0.15, -0.1) is 0 Å². The van der Waals surface area contributed by atoms with E-state index in [1.165, 1.54) is 51.4 Å². The van der Waals surface area contributed by atoms with Crippen LogP contribution in [0.15, 0.2) is 4.99 Å². The van der Waals surface area contributed by atoms with Gasteiger partial charge in [-0.1, -0.05) is 45.4 Å². The van der Waals surface area contributed by atoms with Gasteiger partial charge in [0.1, 0.15) is 12.3 Å². The first-order chi connectivity index (χ1) is 14.1. The topological polar surface area (TPSA) is 38.7 Å². The van der Waals surface area contributed by atoms with Gasteiger partial charge in [0, 0.05) is 6.42 Å². The summed E-state index contributed by atoms with van der Waals surface area (Å²) in [5.41, 5.74) is 0. The second-order valence-corrected chi connectivity index (χ2v) is 10.0. The van der Waals surface area contributed by atoms with E-state index in [1.54, 1.807) is 0 Å². The molecule has 3 nitrogen and oxygen atoms in total. The van der Waals surface area contributed by atoms with Gasteiger partial charge in [-0.2, -0.15) is 0 Å². The predicted octanol–water partition coefficient (Wildman–Crippen LogP) is 6.68. The van der Waals surface area contributed by atoms with Crippen LogP contribution in [-0.2, 0) is 9.53 Å². The van der Waals surface area contributed by atoms with Gasteiger partial charge in [0.15, 0.2) is 0 Å². The highest BCUT2D eigenvalue weighted by Crippen LogP contribution is 2.42. The molecule has 0 saturated heterocycles. The molecule has 4 heteroatoms. The van der Waals surface area contributed by atoms with Crippen LogP contribution in [0.2, 0.25) is 0 Å². The number of halogens is 1. The van der Waals surface area contributed by atoms with E-state index in [0.29, 0.717) is 12.8 Å². The number of hydrogen-bond acceptors (Lipinski definition) is 3. The summed E-state index contributed by atoms with van der Waals surface area (Å²) in [4.78, 5) is 16.5. The normalized spacial score (nSPS) is 38.3. The quantitative estimate of drug-likeness (QED) is 0.256. The van der Waals surface area contributed by atoms with Crippen LogP contribution in [0.4, 0.5) is 4.39 Å². The molecule has 0 aromatic heterocycles. The van der Waals surface area contributed by atoms with Gasteiger partial charge < -0.3 is 4.74 Å². The SMILES string of the molecule is C=NC1CCC(OC(=O)C2CCC(C3CCC(CCCCC)CC3)CC2)C(F)C1. The molecular weight excluding hydrogens is 365 g/mol. The molecule has 0 amide bonds. The summed E-state index contributed by atoms with van der Waals surface area (Å²) in [6.45, 7) is 5.80. The van der Waals surface area contributed by atoms with Gasteiger partial charge in [0.2, 0.25) is 0 Å². The molecule has 3 atom stereocenters. The molecule has 166 valence electrons. The molecule has 0 bridgehead atoms. The Morgan fingerprint density at radius 1 is 0.966 bits per heavy atom. The molecule has 3 fully saturated rings. The van der Waals surface area contributed by atoms with E-state index in [-0.39, 0.29) is 17.9 Å². The third-order valence-electron chi connectivity index (χ3n) is 8.09. The summed E-state index contributed by atoms with van der Waals surface area (Å²) in [6, 6.07) is -0.0165. The van der Waals surface area contributed by atoms with Crippen molar-refractivity contribution in [3.63, 3.8) is 0 Å². The number of nitrogens with zero attached hydrogens (tertiary/aromatic N) is 1. The molecule has 0 aromatic rings. The van der Waals surface area contributed by atoms with Crippen LogP contribution < -0.4 is 0 Å². The zero-order valence-corrected chi connectivity index (χ0v) is 18.5. The summed E-state index contributed by atoms with van der Waals surface area (Å²) in [7, 11) is 0. The van der Waals surface area contributed by atoms with Crippen molar-refractivity contribution in [2.45, 2.75) is 122 Å². The summed E-state index contributed by atoms with van der Waals surface area (Å²) < 4.78 is 19.9. The van der Waals surface area contributed by atoms with Crippen LogP contribution in [0.1, 0.15) is 103 Å². The molecule has 3 rings (SSSR count). The van der Waals surface area contributed by atoms with E-state index in [0.717, 1.165) is 49.9 Å². The fraction of sp³-hybridized carbons (Fsp3) is 0.920. The van der Waals surface area contributed by atoms with E-state index in [4.69, 9.17) is 4.74 Å². The van der Waals surface area contributed by atoms with E-state index < -0.39 is 12.3 Å². The molecule has 0 spiro atoms. The lowest BCUT2D eigenvalue weighted by Gasteiger charge is -2.38. The highest BCUT2D eigenvalue weighted by atomic mass is 19.1. The van der Waals surface area contributed by atoms with Crippen molar-refractivity contribution in [2.75, 3.05) is 0 Å². The minimum absolute atomic E-state index is 0.0147. The molecule has 3 unspecified atom stereocenters. The summed E-state index contributed by atoms with van der Waals surface area (Å²) in [5, 5.41) is 0. The van der Waals surface area contributed by atoms with Crippen LogP contribution in [0.5, 0.6) is 0 Å². The van der Waals surface area contributed by atoms with Crippen molar-refractivity contribution in [3.05, 3.63) is 0 Å². The second kappa shape index (κ2) is 11.5. The molecule has 3 saturated carbocycles. The van der Waals surface area contributed by atoms with Gasteiger partial charge in [-0.05, 0) is 75.8 Å². The standard InChI is InChI=1S/C25H42FNO2/c1-3-4-5-6-18-7-9-19(10-8-18)20-11-13-21(14-12-20)25(28)29-24-16-15-22(27-2)17-23(24)26/h18-24H,2-17H2,1H3. The van der Waals surface area contributed by atoms with Gasteiger partial charge in [0.05, 0.1) is 12.0 Å². The van der Waals surface area contributed by atoms with Crippen LogP contribution in [0.3, 0.4) is 0 Å². The van der Waals surface area contributed by atoms with Crippen molar-refractivity contribution in [1.82, 2.24) is 0 Å².